The zero-order chi connectivity index (χ0) is 19.6. The smallest absolute Gasteiger partial charge is 0.416 e. The van der Waals surface area contributed by atoms with Crippen LogP contribution in [-0.4, -0.2) is 25.0 Å². The molecule has 1 N–H and O–H groups in total. The summed E-state index contributed by atoms with van der Waals surface area (Å²) in [6.07, 6.45) is -4.48. The molecule has 0 spiro atoms. The van der Waals surface area contributed by atoms with E-state index in [4.69, 9.17) is 4.74 Å². The predicted molar refractivity (Wildman–Crippen MR) is 92.2 cm³/mol. The second-order valence-corrected chi connectivity index (χ2v) is 6.10. The van der Waals surface area contributed by atoms with Gasteiger partial charge in [-0.05, 0) is 35.9 Å². The van der Waals surface area contributed by atoms with Crippen molar-refractivity contribution in [2.75, 3.05) is 12.0 Å². The Kier molecular flexibility index (Phi) is 5.18. The third-order valence-corrected chi connectivity index (χ3v) is 4.28. The Morgan fingerprint density at radius 1 is 1.15 bits per heavy atom. The zero-order valence-electron chi connectivity index (χ0n) is 14.4. The summed E-state index contributed by atoms with van der Waals surface area (Å²) in [6.45, 7) is 0.0457. The molecule has 1 fully saturated rings. The molecular weight excluding hydrogens is 361 g/mol. The molecule has 5 nitrogen and oxygen atoms in total. The van der Waals surface area contributed by atoms with Crippen LogP contribution >= 0.6 is 0 Å². The lowest BCUT2D eigenvalue weighted by Crippen LogP contribution is -2.38. The third kappa shape index (κ3) is 4.11. The van der Waals surface area contributed by atoms with Crippen molar-refractivity contribution >= 4 is 17.5 Å². The zero-order valence-corrected chi connectivity index (χ0v) is 14.4. The molecule has 8 heteroatoms. The van der Waals surface area contributed by atoms with E-state index in [0.29, 0.717) is 17.0 Å². The average Bonchev–Trinajstić information content (AvgIpc) is 2.93. The maximum Gasteiger partial charge on any atom is 0.416 e. The maximum atomic E-state index is 12.8. The maximum absolute atomic E-state index is 12.8. The molecule has 1 heterocycles. The molecule has 0 bridgehead atoms. The number of carbonyl (C=O) groups excluding carboxylic acids is 2. The average molecular weight is 378 g/mol. The van der Waals surface area contributed by atoms with Crippen molar-refractivity contribution in [2.45, 2.75) is 25.2 Å². The summed E-state index contributed by atoms with van der Waals surface area (Å²) in [6, 6.07) is 10.5. The number of benzene rings is 2. The van der Waals surface area contributed by atoms with E-state index in [0.717, 1.165) is 17.0 Å². The molecule has 1 unspecified atom stereocenters. The van der Waals surface area contributed by atoms with Crippen LogP contribution in [0.3, 0.4) is 0 Å². The molecule has 2 amide bonds. The lowest BCUT2D eigenvalue weighted by atomic mass is 10.1. The topological polar surface area (TPSA) is 58.6 Å². The van der Waals surface area contributed by atoms with Gasteiger partial charge >= 0.3 is 6.18 Å². The summed E-state index contributed by atoms with van der Waals surface area (Å²) in [7, 11) is 1.51. The number of amides is 2. The first-order valence-corrected chi connectivity index (χ1v) is 8.20. The number of hydrogen-bond donors (Lipinski definition) is 1. The van der Waals surface area contributed by atoms with E-state index in [9.17, 15) is 22.8 Å². The number of methoxy groups -OCH3 is 1. The van der Waals surface area contributed by atoms with Gasteiger partial charge in [-0.3, -0.25) is 9.59 Å². The first-order chi connectivity index (χ1) is 12.8. The van der Waals surface area contributed by atoms with Gasteiger partial charge in [0, 0.05) is 6.54 Å². The fraction of sp³-hybridized carbons (Fsp3) is 0.263. The molecule has 1 saturated heterocycles. The highest BCUT2D eigenvalue weighted by Crippen LogP contribution is 2.30. The van der Waals surface area contributed by atoms with E-state index in [2.05, 4.69) is 5.32 Å². The van der Waals surface area contributed by atoms with Gasteiger partial charge in [0.05, 0.1) is 30.8 Å². The fourth-order valence-electron chi connectivity index (χ4n) is 2.89. The van der Waals surface area contributed by atoms with Gasteiger partial charge in [0.15, 0.2) is 0 Å². The van der Waals surface area contributed by atoms with Crippen LogP contribution in [0.5, 0.6) is 5.75 Å². The van der Waals surface area contributed by atoms with Gasteiger partial charge in [0.25, 0.3) is 5.91 Å². The fourth-order valence-corrected chi connectivity index (χ4v) is 2.89. The molecule has 1 atom stereocenters. The molecule has 0 aromatic heterocycles. The molecule has 0 saturated carbocycles. The number of imide groups is 1. The van der Waals surface area contributed by atoms with Gasteiger partial charge in [-0.15, -0.1) is 0 Å². The van der Waals surface area contributed by atoms with Crippen molar-refractivity contribution in [3.05, 3.63) is 59.7 Å². The molecule has 2 aromatic rings. The molecule has 0 aliphatic carbocycles. The Hall–Kier alpha value is -2.87. The summed E-state index contributed by atoms with van der Waals surface area (Å²) < 4.78 is 43.4. The molecule has 142 valence electrons. The number of hydrogen-bond acceptors (Lipinski definition) is 4. The van der Waals surface area contributed by atoms with Crippen molar-refractivity contribution < 1.29 is 27.5 Å². The van der Waals surface area contributed by atoms with Gasteiger partial charge in [-0.25, -0.2) is 4.90 Å². The molecule has 1 aliphatic heterocycles. The highest BCUT2D eigenvalue weighted by Gasteiger charge is 2.39. The van der Waals surface area contributed by atoms with Crippen LogP contribution in [0.25, 0.3) is 0 Å². The van der Waals surface area contributed by atoms with E-state index in [1.165, 1.54) is 19.2 Å². The second-order valence-electron chi connectivity index (χ2n) is 6.10. The normalized spacial score (nSPS) is 17.5. The number of halogens is 3. The van der Waals surface area contributed by atoms with Gasteiger partial charge in [0.2, 0.25) is 5.91 Å². The lowest BCUT2D eigenvalue weighted by Gasteiger charge is -2.16. The highest BCUT2D eigenvalue weighted by atomic mass is 19.4. The Balaban J connectivity index is 1.68. The highest BCUT2D eigenvalue weighted by molar-refractivity contribution is 6.22. The Labute approximate surface area is 153 Å². The molecule has 0 radical (unpaired) electrons. The molecule has 27 heavy (non-hydrogen) atoms. The van der Waals surface area contributed by atoms with E-state index in [1.54, 1.807) is 24.3 Å². The van der Waals surface area contributed by atoms with Crippen molar-refractivity contribution in [2.24, 2.45) is 0 Å². The van der Waals surface area contributed by atoms with E-state index >= 15 is 0 Å². The van der Waals surface area contributed by atoms with Crippen LogP contribution in [0.15, 0.2) is 48.5 Å². The van der Waals surface area contributed by atoms with E-state index in [1.807, 2.05) is 0 Å². The summed E-state index contributed by atoms with van der Waals surface area (Å²) in [4.78, 5) is 25.9. The number of rotatable bonds is 5. The van der Waals surface area contributed by atoms with Crippen LogP contribution in [-0.2, 0) is 22.3 Å². The molecule has 1 aliphatic rings. The quantitative estimate of drug-likeness (QED) is 0.813. The van der Waals surface area contributed by atoms with Crippen LogP contribution < -0.4 is 15.0 Å². The molecule has 2 aromatic carbocycles. The van der Waals surface area contributed by atoms with Crippen LogP contribution in [0, 0.1) is 0 Å². The van der Waals surface area contributed by atoms with Crippen molar-refractivity contribution in [3.8, 4) is 5.75 Å². The SMILES string of the molecule is COc1ccc(N2C(=O)CC(NCc3cccc(C(F)(F)F)c3)C2=O)cc1. The minimum Gasteiger partial charge on any atom is -0.497 e. The van der Waals surface area contributed by atoms with E-state index in [-0.39, 0.29) is 18.9 Å². The number of anilines is 1. The Morgan fingerprint density at radius 3 is 2.48 bits per heavy atom. The summed E-state index contributed by atoms with van der Waals surface area (Å²) in [5.41, 5.74) is 0.0534. The van der Waals surface area contributed by atoms with Crippen molar-refractivity contribution in [3.63, 3.8) is 0 Å². The Bertz CT molecular complexity index is 850. The molecular formula is C19H17F3N2O3. The van der Waals surface area contributed by atoms with E-state index < -0.39 is 23.7 Å². The molecule has 3 rings (SSSR count). The van der Waals surface area contributed by atoms with Crippen LogP contribution in [0.4, 0.5) is 18.9 Å². The number of nitrogens with zero attached hydrogens (tertiary/aromatic N) is 1. The van der Waals surface area contributed by atoms with Gasteiger partial charge in [-0.1, -0.05) is 18.2 Å². The number of carbonyl (C=O) groups is 2. The summed E-state index contributed by atoms with van der Waals surface area (Å²) in [5.74, 6) is -0.207. The first-order valence-electron chi connectivity index (χ1n) is 8.20. The van der Waals surface area contributed by atoms with Crippen LogP contribution in [0.2, 0.25) is 0 Å². The van der Waals surface area contributed by atoms with Crippen molar-refractivity contribution in [1.82, 2.24) is 5.32 Å². The Morgan fingerprint density at radius 2 is 1.85 bits per heavy atom. The largest absolute Gasteiger partial charge is 0.497 e. The minimum atomic E-state index is -4.43. The lowest BCUT2D eigenvalue weighted by molar-refractivity contribution is -0.137. The summed E-state index contributed by atoms with van der Waals surface area (Å²) >= 11 is 0. The van der Waals surface area contributed by atoms with Crippen LogP contribution in [0.1, 0.15) is 17.5 Å². The number of nitrogens with one attached hydrogen (secondary N) is 1. The van der Waals surface area contributed by atoms with Gasteiger partial charge in [-0.2, -0.15) is 13.2 Å². The third-order valence-electron chi connectivity index (χ3n) is 4.28. The number of ether oxygens (including phenoxy) is 1. The van der Waals surface area contributed by atoms with Crippen molar-refractivity contribution in [1.29, 1.82) is 0 Å². The summed E-state index contributed by atoms with van der Waals surface area (Å²) in [5, 5.41) is 2.87. The predicted octanol–water partition coefficient (Wildman–Crippen LogP) is 3.14. The standard InChI is InChI=1S/C19H17F3N2O3/c1-27-15-7-5-14(6-8-15)24-17(25)10-16(18(24)26)23-11-12-3-2-4-13(9-12)19(20,21)22/h2-9,16,23H,10-11H2,1H3. The monoisotopic (exact) mass is 378 g/mol. The van der Waals surface area contributed by atoms with Gasteiger partial charge < -0.3 is 10.1 Å². The number of alkyl halides is 3. The minimum absolute atomic E-state index is 0.0457. The van der Waals surface area contributed by atoms with Gasteiger partial charge in [0.1, 0.15) is 5.75 Å². The second kappa shape index (κ2) is 7.40. The first kappa shape index (κ1) is 18.9.